The minimum atomic E-state index is -4.68. The summed E-state index contributed by atoms with van der Waals surface area (Å²) in [5.41, 5.74) is 17.1. The first kappa shape index (κ1) is 45.7. The molecule has 2 aromatic heterocycles. The second-order valence-electron chi connectivity index (χ2n) is 19.4. The number of rotatable bonds is 7. The Morgan fingerprint density at radius 1 is 0.324 bits per heavy atom. The van der Waals surface area contributed by atoms with Gasteiger partial charge in [0.15, 0.2) is 5.69 Å². The molecule has 0 saturated carbocycles. The molecule has 0 aliphatic heterocycles. The minimum Gasteiger partial charge on any atom is -0.319 e. The van der Waals surface area contributed by atoms with Gasteiger partial charge >= 0.3 is 6.18 Å². The zero-order valence-electron chi connectivity index (χ0n) is 41.0. The number of halogens is 3. The Morgan fingerprint density at radius 2 is 0.649 bits per heavy atom. The van der Waals surface area contributed by atoms with Gasteiger partial charge in [0.25, 0.3) is 0 Å². The second kappa shape index (κ2) is 17.7. The quantitative estimate of drug-likeness (QED) is 0.142. The SMILES string of the molecule is [C-]#[N+]c1cc(C(F)(F)F)ccc1-c1cc(-n2c3cc(-c4ccc(C)cc4)ccc3c3ccc(-c4ccc(C)cc4)cc32)c([N+]#[C-])cc1-n1c2cc(-c3ccc(C)cc3)ccc2c2ccc(-c3ccc(C)cc3)cc21. The fourth-order valence-corrected chi connectivity index (χ4v) is 10.5. The summed E-state index contributed by atoms with van der Waals surface area (Å²) in [5.74, 6) is 0. The third-order valence-electron chi connectivity index (χ3n) is 14.5. The molecule has 0 aliphatic rings. The molecule has 0 N–H and O–H groups in total. The molecule has 0 fully saturated rings. The van der Waals surface area contributed by atoms with Crippen LogP contribution in [0.2, 0.25) is 0 Å². The van der Waals surface area contributed by atoms with E-state index < -0.39 is 11.7 Å². The molecule has 12 rings (SSSR count). The molecule has 0 unspecified atom stereocenters. The fraction of sp³-hybridized carbons (Fsp3) is 0.0746. The van der Waals surface area contributed by atoms with Gasteiger partial charge < -0.3 is 9.13 Å². The first-order chi connectivity index (χ1) is 35.8. The highest BCUT2D eigenvalue weighted by molar-refractivity contribution is 6.14. The van der Waals surface area contributed by atoms with E-state index in [0.29, 0.717) is 28.2 Å². The van der Waals surface area contributed by atoms with Gasteiger partial charge in [-0.05, 0) is 126 Å². The van der Waals surface area contributed by atoms with Crippen molar-refractivity contribution in [1.82, 2.24) is 9.13 Å². The van der Waals surface area contributed by atoms with Crippen molar-refractivity contribution in [2.45, 2.75) is 33.9 Å². The van der Waals surface area contributed by atoms with Gasteiger partial charge in [0, 0.05) is 32.8 Å². The summed E-state index contributed by atoms with van der Waals surface area (Å²) >= 11 is 0. The monoisotopic (exact) mass is 962 g/mol. The van der Waals surface area contributed by atoms with Crippen LogP contribution in [-0.4, -0.2) is 9.13 Å². The van der Waals surface area contributed by atoms with Gasteiger partial charge in [-0.25, -0.2) is 9.69 Å². The zero-order valence-corrected chi connectivity index (χ0v) is 41.0. The van der Waals surface area contributed by atoms with Gasteiger partial charge in [-0.15, -0.1) is 0 Å². The first-order valence-electron chi connectivity index (χ1n) is 24.4. The highest BCUT2D eigenvalue weighted by atomic mass is 19.4. The van der Waals surface area contributed by atoms with Gasteiger partial charge in [-0.3, -0.25) is 0 Å². The van der Waals surface area contributed by atoms with Crippen LogP contribution in [0.25, 0.3) is 120 Å². The maximum absolute atomic E-state index is 14.5. The average Bonchev–Trinajstić information content (AvgIpc) is 3.91. The lowest BCUT2D eigenvalue weighted by molar-refractivity contribution is -0.137. The topological polar surface area (TPSA) is 18.6 Å². The number of nitrogens with zero attached hydrogens (tertiary/aromatic N) is 4. The lowest BCUT2D eigenvalue weighted by Crippen LogP contribution is -2.05. The number of aryl methyl sites for hydroxylation is 4. The van der Waals surface area contributed by atoms with E-state index in [1.807, 2.05) is 12.1 Å². The number of alkyl halides is 3. The minimum absolute atomic E-state index is 0.158. The lowest BCUT2D eigenvalue weighted by Gasteiger charge is -2.21. The predicted octanol–water partition coefficient (Wildman–Crippen LogP) is 19.6. The van der Waals surface area contributed by atoms with Crippen molar-refractivity contribution in [1.29, 1.82) is 0 Å². The van der Waals surface area contributed by atoms with E-state index in [9.17, 15) is 13.2 Å². The Bertz CT molecular complexity index is 4110. The molecular weight excluding hydrogens is 918 g/mol. The molecule has 0 spiro atoms. The van der Waals surface area contributed by atoms with E-state index >= 15 is 0 Å². The smallest absolute Gasteiger partial charge is 0.319 e. The number of hydrogen-bond acceptors (Lipinski definition) is 0. The van der Waals surface area contributed by atoms with E-state index in [-0.39, 0.29) is 5.69 Å². The molecule has 12 aromatic rings. The Balaban J connectivity index is 1.22. The van der Waals surface area contributed by atoms with Crippen LogP contribution < -0.4 is 0 Å². The summed E-state index contributed by atoms with van der Waals surface area (Å²) in [6.07, 6.45) is -4.68. The second-order valence-corrected chi connectivity index (χ2v) is 19.4. The molecule has 0 aliphatic carbocycles. The molecular formula is C67H45F3N4. The zero-order chi connectivity index (χ0) is 51.0. The van der Waals surface area contributed by atoms with Gasteiger partial charge in [0.1, 0.15) is 0 Å². The third kappa shape index (κ3) is 7.87. The summed E-state index contributed by atoms with van der Waals surface area (Å²) < 4.78 is 47.9. The van der Waals surface area contributed by atoms with Crippen LogP contribution in [0, 0.1) is 40.8 Å². The van der Waals surface area contributed by atoms with E-state index in [0.717, 1.165) is 123 Å². The molecule has 0 saturated heterocycles. The van der Waals surface area contributed by atoms with Crippen LogP contribution in [0.15, 0.2) is 200 Å². The molecule has 4 nitrogen and oxygen atoms in total. The van der Waals surface area contributed by atoms with Gasteiger partial charge in [0.05, 0.1) is 40.9 Å². The van der Waals surface area contributed by atoms with Crippen molar-refractivity contribution >= 4 is 55.0 Å². The number of hydrogen-bond donors (Lipinski definition) is 0. The Morgan fingerprint density at radius 3 is 0.973 bits per heavy atom. The molecule has 74 heavy (non-hydrogen) atoms. The van der Waals surface area contributed by atoms with Crippen molar-refractivity contribution in [2.24, 2.45) is 0 Å². The average molecular weight is 963 g/mol. The Labute approximate surface area is 427 Å². The summed E-state index contributed by atoms with van der Waals surface area (Å²) in [5, 5.41) is 3.86. The number of benzene rings is 10. The summed E-state index contributed by atoms with van der Waals surface area (Å²) in [7, 11) is 0. The van der Waals surface area contributed by atoms with Crippen LogP contribution in [0.4, 0.5) is 24.5 Å². The van der Waals surface area contributed by atoms with Crippen molar-refractivity contribution in [2.75, 3.05) is 0 Å². The maximum atomic E-state index is 14.5. The van der Waals surface area contributed by atoms with Crippen LogP contribution >= 0.6 is 0 Å². The molecule has 0 radical (unpaired) electrons. The molecule has 2 heterocycles. The van der Waals surface area contributed by atoms with Gasteiger partial charge in [0.2, 0.25) is 5.69 Å². The highest BCUT2D eigenvalue weighted by Gasteiger charge is 2.32. The Kier molecular flexibility index (Phi) is 10.9. The Hall–Kier alpha value is -9.43. The standard InChI is InChI=1S/C67H45F3N4/c1-40-7-15-44(16-8-40)48-23-28-54-55-29-24-49(45-17-9-41(2)10-18-45)34-62(55)73(61(54)33-48)65-39-60(72-6)66(38-58(65)53-32-27-52(67(68,69)70)37-59(53)71-5)74-63-35-50(46-19-11-42(3)12-20-46)25-30-56(63)57-31-26-51(36-64(57)74)47-21-13-43(4)14-22-47/h7-39H,1-4H3. The van der Waals surface area contributed by atoms with Crippen LogP contribution in [0.5, 0.6) is 0 Å². The molecule has 0 atom stereocenters. The van der Waals surface area contributed by atoms with E-state index in [1.165, 1.54) is 6.07 Å². The van der Waals surface area contributed by atoms with Crippen LogP contribution in [0.1, 0.15) is 27.8 Å². The number of fused-ring (bicyclic) bond motifs is 6. The van der Waals surface area contributed by atoms with Crippen molar-refractivity contribution in [3.8, 4) is 67.0 Å². The summed E-state index contributed by atoms with van der Waals surface area (Å²) in [6.45, 7) is 25.7. The molecule has 0 bridgehead atoms. The van der Waals surface area contributed by atoms with E-state index in [2.05, 4.69) is 216 Å². The largest absolute Gasteiger partial charge is 0.415 e. The number of aromatic nitrogens is 2. The van der Waals surface area contributed by atoms with Crippen LogP contribution in [0.3, 0.4) is 0 Å². The third-order valence-corrected chi connectivity index (χ3v) is 14.5. The molecule has 0 amide bonds. The fourth-order valence-electron chi connectivity index (χ4n) is 10.5. The van der Waals surface area contributed by atoms with Crippen LogP contribution in [-0.2, 0) is 6.18 Å². The molecule has 7 heteroatoms. The van der Waals surface area contributed by atoms with Crippen molar-refractivity contribution in [3.63, 3.8) is 0 Å². The van der Waals surface area contributed by atoms with Crippen molar-refractivity contribution in [3.05, 3.63) is 251 Å². The van der Waals surface area contributed by atoms with Gasteiger partial charge in [-0.2, -0.15) is 13.2 Å². The van der Waals surface area contributed by atoms with E-state index in [1.54, 1.807) is 0 Å². The van der Waals surface area contributed by atoms with E-state index in [4.69, 9.17) is 13.1 Å². The molecule has 10 aromatic carbocycles. The predicted molar refractivity (Wildman–Crippen MR) is 299 cm³/mol. The maximum Gasteiger partial charge on any atom is 0.415 e. The summed E-state index contributed by atoms with van der Waals surface area (Å²) in [6, 6.07) is 66.3. The first-order valence-corrected chi connectivity index (χ1v) is 24.4. The molecule has 354 valence electrons. The normalized spacial score (nSPS) is 11.7. The lowest BCUT2D eigenvalue weighted by atomic mass is 9.97. The van der Waals surface area contributed by atoms with Crippen molar-refractivity contribution < 1.29 is 13.2 Å². The van der Waals surface area contributed by atoms with Gasteiger partial charge in [-0.1, -0.05) is 180 Å². The highest BCUT2D eigenvalue weighted by Crippen LogP contribution is 2.48. The summed E-state index contributed by atoms with van der Waals surface area (Å²) in [4.78, 5) is 8.13.